The van der Waals surface area contributed by atoms with Crippen LogP contribution in [0.2, 0.25) is 0 Å². The summed E-state index contributed by atoms with van der Waals surface area (Å²) in [5, 5.41) is 17.6. The van der Waals surface area contributed by atoms with Crippen molar-refractivity contribution in [2.75, 3.05) is 52.4 Å². The third-order valence-electron chi connectivity index (χ3n) is 10.3. The van der Waals surface area contributed by atoms with E-state index in [9.17, 15) is 40.7 Å². The number of nitrogens with zero attached hydrogens (tertiary/aromatic N) is 8. The first kappa shape index (κ1) is 53.3. The Morgan fingerprint density at radius 2 is 1.14 bits per heavy atom. The van der Waals surface area contributed by atoms with Crippen molar-refractivity contribution in [3.63, 3.8) is 0 Å². The van der Waals surface area contributed by atoms with Gasteiger partial charge in [-0.25, -0.2) is 24.4 Å². The molecule has 0 unspecified atom stereocenters. The Labute approximate surface area is 408 Å². The van der Waals surface area contributed by atoms with Gasteiger partial charge in [0.05, 0.1) is 11.1 Å². The number of amides is 1. The monoisotopic (exact) mass is 1020 g/mol. The predicted molar refractivity (Wildman–Crippen MR) is 252 cm³/mol. The van der Waals surface area contributed by atoms with E-state index in [0.717, 1.165) is 59.4 Å². The van der Waals surface area contributed by atoms with E-state index >= 15 is 0 Å². The fraction of sp³-hybridized carbons (Fsp3) is 0.426. The molecule has 6 heterocycles. The van der Waals surface area contributed by atoms with Gasteiger partial charge in [-0.15, -0.1) is 22.7 Å². The summed E-state index contributed by atoms with van der Waals surface area (Å²) in [7, 11) is 0. The van der Waals surface area contributed by atoms with E-state index in [-0.39, 0.29) is 28.8 Å². The zero-order chi connectivity index (χ0) is 50.9. The molecular weight excluding hydrogens is 963 g/mol. The van der Waals surface area contributed by atoms with Gasteiger partial charge in [0.25, 0.3) is 0 Å². The molecule has 2 aliphatic rings. The predicted octanol–water partition coefficient (Wildman–Crippen LogP) is 9.37. The lowest BCUT2D eigenvalue weighted by molar-refractivity contribution is -0.137. The minimum Gasteiger partial charge on any atom is -0.455 e. The smallest absolute Gasteiger partial charge is 0.417 e. The van der Waals surface area contributed by atoms with Crippen LogP contribution in [0.3, 0.4) is 0 Å². The summed E-state index contributed by atoms with van der Waals surface area (Å²) in [5.41, 5.74) is -0.147. The maximum Gasteiger partial charge on any atom is 0.417 e. The molecule has 0 spiro atoms. The van der Waals surface area contributed by atoms with Crippen LogP contribution in [0.1, 0.15) is 84.8 Å². The molecule has 6 aromatic rings. The van der Waals surface area contributed by atoms with E-state index in [1.54, 1.807) is 60.7 Å². The quantitative estimate of drug-likeness (QED) is 0.110. The van der Waals surface area contributed by atoms with Gasteiger partial charge in [-0.2, -0.15) is 41.2 Å². The van der Waals surface area contributed by atoms with Crippen molar-refractivity contribution in [1.82, 2.24) is 50.0 Å². The number of alkyl halides is 6. The molecule has 0 aliphatic carbocycles. The number of aromatic nitrogens is 6. The summed E-state index contributed by atoms with van der Waals surface area (Å²) in [6, 6.07) is 11.2. The first-order chi connectivity index (χ1) is 32.9. The highest BCUT2D eigenvalue weighted by Crippen LogP contribution is 2.40. The first-order valence-electron chi connectivity index (χ1n) is 22.1. The number of carbonyl (C=O) groups is 3. The third-order valence-corrected chi connectivity index (χ3v) is 11.9. The summed E-state index contributed by atoms with van der Waals surface area (Å²) in [5.74, 6) is -0.979. The van der Waals surface area contributed by atoms with Gasteiger partial charge < -0.3 is 19.7 Å². The third kappa shape index (κ3) is 15.5. The molecule has 2 aromatic carbocycles. The van der Waals surface area contributed by atoms with Crippen LogP contribution < -0.4 is 5.32 Å². The fourth-order valence-corrected chi connectivity index (χ4v) is 8.48. The summed E-state index contributed by atoms with van der Waals surface area (Å²) >= 11 is 2.39. The van der Waals surface area contributed by atoms with E-state index in [4.69, 9.17) is 9.47 Å². The Bertz CT molecular complexity index is 2630. The summed E-state index contributed by atoms with van der Waals surface area (Å²) in [6.45, 7) is 17.4. The number of thiazole rings is 2. The number of aromatic amines is 1. The van der Waals surface area contributed by atoms with Gasteiger partial charge in [-0.1, -0.05) is 12.1 Å². The van der Waals surface area contributed by atoms with Crippen molar-refractivity contribution in [1.29, 1.82) is 0 Å². The maximum absolute atomic E-state index is 13.5. The molecule has 2 fully saturated rings. The van der Waals surface area contributed by atoms with Gasteiger partial charge in [0.15, 0.2) is 5.69 Å². The molecule has 4 aromatic heterocycles. The van der Waals surface area contributed by atoms with Gasteiger partial charge >= 0.3 is 30.3 Å². The summed E-state index contributed by atoms with van der Waals surface area (Å²) < 4.78 is 91.5. The molecule has 2 saturated heterocycles. The number of hydrogen-bond acceptors (Lipinski definition) is 14. The Morgan fingerprint density at radius 1 is 0.643 bits per heavy atom. The molecule has 8 rings (SSSR count). The molecule has 2 N–H and O–H groups in total. The molecule has 0 saturated carbocycles. The number of H-pyrrole nitrogens is 1. The minimum atomic E-state index is -4.47. The van der Waals surface area contributed by atoms with Crippen molar-refractivity contribution in [2.45, 2.75) is 78.2 Å². The zero-order valence-electron chi connectivity index (χ0n) is 39.4. The number of halogens is 6. The Kier molecular flexibility index (Phi) is 17.4. The lowest BCUT2D eigenvalue weighted by Crippen LogP contribution is -2.49. The average molecular weight is 1020 g/mol. The molecule has 2 aliphatic heterocycles. The van der Waals surface area contributed by atoms with E-state index in [0.29, 0.717) is 55.0 Å². The molecule has 70 heavy (non-hydrogen) atoms. The van der Waals surface area contributed by atoms with Gasteiger partial charge in [0.1, 0.15) is 26.9 Å². The van der Waals surface area contributed by atoms with Crippen LogP contribution in [-0.4, -0.2) is 126 Å². The molecule has 0 atom stereocenters. The fourth-order valence-electron chi connectivity index (χ4n) is 7.14. The maximum atomic E-state index is 13.5. The number of rotatable bonds is 8. The van der Waals surface area contributed by atoms with Crippen molar-refractivity contribution in [2.24, 2.45) is 0 Å². The van der Waals surface area contributed by atoms with E-state index in [2.05, 4.69) is 40.4 Å². The first-order valence-corrected chi connectivity index (χ1v) is 23.9. The highest BCUT2D eigenvalue weighted by atomic mass is 32.1. The normalized spacial score (nSPS) is 15.1. The van der Waals surface area contributed by atoms with Crippen LogP contribution in [0.4, 0.5) is 31.1 Å². The molecule has 0 bridgehead atoms. The largest absolute Gasteiger partial charge is 0.455 e. The van der Waals surface area contributed by atoms with Gasteiger partial charge in [0, 0.05) is 112 Å². The molecular formula is C47H54F6N10O5S2. The van der Waals surface area contributed by atoms with Crippen molar-refractivity contribution in [3.05, 3.63) is 118 Å². The second kappa shape index (κ2) is 22.8. The van der Waals surface area contributed by atoms with E-state index in [1.807, 2.05) is 20.8 Å². The van der Waals surface area contributed by atoms with Gasteiger partial charge in [-0.3, -0.25) is 14.9 Å². The lowest BCUT2D eigenvalue weighted by Gasteiger charge is -2.34. The highest BCUT2D eigenvalue weighted by Gasteiger charge is 2.36. The van der Waals surface area contributed by atoms with Crippen molar-refractivity contribution in [3.8, 4) is 21.1 Å². The Hall–Kier alpha value is -6.01. The zero-order valence-corrected chi connectivity index (χ0v) is 41.0. The lowest BCUT2D eigenvalue weighted by atomic mass is 10.0. The SMILES string of the molecule is CC(C)(C)OC(=O)c1ccn(C(=O)N2CCN(Cc3ccc(C(F)(F)F)c(-c4nccs4)c3)CC2)n1.CC(C)(C)OC(=O)c1ccn[nH]1.FC(F)(F)c1ccc(CN2CCNCC2)cc1-c1nccs1. The molecule has 15 nitrogen and oxygen atoms in total. The van der Waals surface area contributed by atoms with Crippen molar-refractivity contribution < 1.29 is 50.2 Å². The Balaban J connectivity index is 0.000000199. The Morgan fingerprint density at radius 3 is 1.59 bits per heavy atom. The number of esters is 2. The molecule has 376 valence electrons. The topological polar surface area (TPSA) is 164 Å². The number of hydrogen-bond donors (Lipinski definition) is 2. The van der Waals surface area contributed by atoms with Crippen LogP contribution in [0.25, 0.3) is 21.1 Å². The van der Waals surface area contributed by atoms with Crippen LogP contribution >= 0.6 is 22.7 Å². The van der Waals surface area contributed by atoms with Crippen LogP contribution in [0.5, 0.6) is 0 Å². The summed E-state index contributed by atoms with van der Waals surface area (Å²) in [4.78, 5) is 50.3. The van der Waals surface area contributed by atoms with Gasteiger partial charge in [-0.05, 0) is 89.1 Å². The number of benzene rings is 2. The second-order valence-electron chi connectivity index (χ2n) is 18.1. The average Bonchev–Trinajstić information content (AvgIpc) is 4.15. The molecule has 23 heteroatoms. The standard InChI is InChI=1S/C24H26F3N5O3S.C15H16F3N3S.C8H12N2O2/c1-23(2,3)35-21(33)19-6-8-32(29-19)22(34)31-11-9-30(10-12-31)15-16-4-5-18(24(25,26)27)17(14-16)20-28-7-13-36-20;16-15(17,18)13-2-1-11(10-21-6-3-19-4-7-21)9-12(13)14-20-5-8-22-14;1-8(2,3)12-7(11)6-4-5-9-10-6/h4-8,13-14H,9-12,15H2,1-3H3;1-2,5,8-9,19H,3-4,6-7,10H2;4-5H,1-3H3,(H,9,10). The van der Waals surface area contributed by atoms with Gasteiger partial charge in [0.2, 0.25) is 0 Å². The number of ether oxygens (including phenoxy) is 2. The molecule has 1 amide bonds. The van der Waals surface area contributed by atoms with E-state index in [1.165, 1.54) is 54.3 Å². The number of carbonyl (C=O) groups excluding carboxylic acids is 3. The minimum absolute atomic E-state index is 0.0512. The van der Waals surface area contributed by atoms with Crippen molar-refractivity contribution >= 4 is 40.6 Å². The van der Waals surface area contributed by atoms with Crippen LogP contribution in [0, 0.1) is 0 Å². The highest BCUT2D eigenvalue weighted by molar-refractivity contribution is 7.13. The second-order valence-corrected chi connectivity index (χ2v) is 19.9. The number of piperazine rings is 2. The van der Waals surface area contributed by atoms with Crippen LogP contribution in [0.15, 0.2) is 84.1 Å². The van der Waals surface area contributed by atoms with Crippen LogP contribution in [-0.2, 0) is 34.9 Å². The number of nitrogens with one attached hydrogen (secondary N) is 2. The van der Waals surface area contributed by atoms with E-state index < -0.39 is 40.7 Å². The molecule has 0 radical (unpaired) electrons. The summed E-state index contributed by atoms with van der Waals surface area (Å²) in [6.07, 6.45) is -2.88.